The van der Waals surface area contributed by atoms with Gasteiger partial charge in [-0.1, -0.05) is 12.2 Å². The summed E-state index contributed by atoms with van der Waals surface area (Å²) < 4.78 is 0. The van der Waals surface area contributed by atoms with Gasteiger partial charge in [0.15, 0.2) is 0 Å². The van der Waals surface area contributed by atoms with Crippen molar-refractivity contribution in [1.29, 1.82) is 5.26 Å². The zero-order chi connectivity index (χ0) is 9.42. The Morgan fingerprint density at radius 1 is 1.77 bits per heavy atom. The monoisotopic (exact) mass is 211 g/mol. The first-order valence-corrected chi connectivity index (χ1v) is 5.38. The van der Waals surface area contributed by atoms with E-state index in [1.165, 1.54) is 0 Å². The van der Waals surface area contributed by atoms with E-state index in [0.717, 1.165) is 28.4 Å². The summed E-state index contributed by atoms with van der Waals surface area (Å²) in [5.74, 6) is 0. The Kier molecular flexibility index (Phi) is 2.28. The molecule has 2 aliphatic heterocycles. The lowest BCUT2D eigenvalue weighted by atomic mass is 10.2. The average molecular weight is 211 g/mol. The summed E-state index contributed by atoms with van der Waals surface area (Å²) >= 11 is 6.83. The molecular formula is C8H9N3S2. The van der Waals surface area contributed by atoms with Gasteiger partial charge in [0.25, 0.3) is 0 Å². The SMILES string of the molecule is N#CC1=C(CCN)S[C@@H]2CC(=S)N12. The van der Waals surface area contributed by atoms with Crippen molar-refractivity contribution in [2.75, 3.05) is 6.54 Å². The smallest absolute Gasteiger partial charge is 0.131 e. The number of thiocarbonyl (C=S) groups is 1. The van der Waals surface area contributed by atoms with Crippen LogP contribution < -0.4 is 5.73 Å². The third-order valence-electron chi connectivity index (χ3n) is 2.17. The van der Waals surface area contributed by atoms with Gasteiger partial charge < -0.3 is 10.6 Å². The number of allylic oxidation sites excluding steroid dienone is 1. The summed E-state index contributed by atoms with van der Waals surface area (Å²) in [6, 6.07) is 2.20. The van der Waals surface area contributed by atoms with E-state index < -0.39 is 0 Å². The molecule has 5 heteroatoms. The molecule has 0 amide bonds. The molecule has 2 rings (SSSR count). The summed E-state index contributed by atoms with van der Waals surface area (Å²) in [5, 5.41) is 9.33. The van der Waals surface area contributed by atoms with Crippen LogP contribution in [-0.2, 0) is 0 Å². The second-order valence-corrected chi connectivity index (χ2v) is 4.71. The Bertz CT molecular complexity index is 329. The second-order valence-electron chi connectivity index (χ2n) is 2.96. The second kappa shape index (κ2) is 3.29. The normalized spacial score (nSPS) is 25.7. The first-order valence-electron chi connectivity index (χ1n) is 4.10. The van der Waals surface area contributed by atoms with Crippen molar-refractivity contribution >= 4 is 29.0 Å². The summed E-state index contributed by atoms with van der Waals surface area (Å²) in [7, 11) is 0. The van der Waals surface area contributed by atoms with Gasteiger partial charge >= 0.3 is 0 Å². The molecule has 0 radical (unpaired) electrons. The van der Waals surface area contributed by atoms with Gasteiger partial charge in [0.1, 0.15) is 11.8 Å². The molecule has 3 nitrogen and oxygen atoms in total. The van der Waals surface area contributed by atoms with Crippen molar-refractivity contribution in [3.63, 3.8) is 0 Å². The van der Waals surface area contributed by atoms with E-state index in [2.05, 4.69) is 6.07 Å². The van der Waals surface area contributed by atoms with E-state index in [4.69, 9.17) is 23.2 Å². The predicted octanol–water partition coefficient (Wildman–Crippen LogP) is 1.18. The number of nitriles is 1. The van der Waals surface area contributed by atoms with E-state index in [1.807, 2.05) is 4.90 Å². The number of nitrogens with two attached hydrogens (primary N) is 1. The molecule has 1 fully saturated rings. The first-order chi connectivity index (χ1) is 6.27. The first kappa shape index (κ1) is 9.00. The van der Waals surface area contributed by atoms with Crippen LogP contribution in [-0.4, -0.2) is 21.8 Å². The van der Waals surface area contributed by atoms with E-state index >= 15 is 0 Å². The Morgan fingerprint density at radius 2 is 2.54 bits per heavy atom. The van der Waals surface area contributed by atoms with Crippen LogP contribution in [0.4, 0.5) is 0 Å². The molecule has 0 unspecified atom stereocenters. The van der Waals surface area contributed by atoms with Crippen LogP contribution in [0.5, 0.6) is 0 Å². The quantitative estimate of drug-likeness (QED) is 0.695. The molecule has 0 saturated carbocycles. The molecule has 0 aromatic heterocycles. The maximum Gasteiger partial charge on any atom is 0.131 e. The fraction of sp³-hybridized carbons (Fsp3) is 0.500. The molecule has 1 atom stereocenters. The molecule has 68 valence electrons. The molecule has 2 aliphatic rings. The maximum atomic E-state index is 8.94. The van der Waals surface area contributed by atoms with Crippen LogP contribution >= 0.6 is 24.0 Å². The van der Waals surface area contributed by atoms with Gasteiger partial charge in [0, 0.05) is 11.3 Å². The Labute approximate surface area is 86.6 Å². The summed E-state index contributed by atoms with van der Waals surface area (Å²) in [4.78, 5) is 3.95. The van der Waals surface area contributed by atoms with Crippen molar-refractivity contribution in [3.05, 3.63) is 10.6 Å². The lowest BCUT2D eigenvalue weighted by Crippen LogP contribution is -2.45. The fourth-order valence-corrected chi connectivity index (χ4v) is 3.48. The molecule has 13 heavy (non-hydrogen) atoms. The van der Waals surface area contributed by atoms with Gasteiger partial charge in [0.2, 0.25) is 0 Å². The Morgan fingerprint density at radius 3 is 3.08 bits per heavy atom. The van der Waals surface area contributed by atoms with Gasteiger partial charge in [-0.3, -0.25) is 0 Å². The van der Waals surface area contributed by atoms with Crippen molar-refractivity contribution < 1.29 is 0 Å². The molecule has 0 aliphatic carbocycles. The van der Waals surface area contributed by atoms with Gasteiger partial charge in [0.05, 0.1) is 10.4 Å². The highest BCUT2D eigenvalue weighted by Crippen LogP contribution is 2.47. The highest BCUT2D eigenvalue weighted by molar-refractivity contribution is 8.04. The summed E-state index contributed by atoms with van der Waals surface area (Å²) in [5.41, 5.74) is 6.20. The van der Waals surface area contributed by atoms with E-state index in [-0.39, 0.29) is 0 Å². The zero-order valence-corrected chi connectivity index (χ0v) is 8.62. The van der Waals surface area contributed by atoms with Crippen molar-refractivity contribution in [2.45, 2.75) is 18.2 Å². The summed E-state index contributed by atoms with van der Waals surface area (Å²) in [6.07, 6.45) is 1.72. The molecule has 2 N–H and O–H groups in total. The molecule has 0 aromatic carbocycles. The third kappa shape index (κ3) is 1.26. The van der Waals surface area contributed by atoms with Gasteiger partial charge in [-0.05, 0) is 13.0 Å². The van der Waals surface area contributed by atoms with E-state index in [1.54, 1.807) is 11.8 Å². The van der Waals surface area contributed by atoms with E-state index in [0.29, 0.717) is 11.9 Å². The number of fused-ring (bicyclic) bond motifs is 1. The fourth-order valence-electron chi connectivity index (χ4n) is 1.53. The number of thioether (sulfide) groups is 1. The average Bonchev–Trinajstić information content (AvgIpc) is 2.38. The van der Waals surface area contributed by atoms with Crippen LogP contribution in [0.25, 0.3) is 0 Å². The lowest BCUT2D eigenvalue weighted by Gasteiger charge is -2.36. The number of nitrogens with zero attached hydrogens (tertiary/aromatic N) is 2. The molecule has 1 saturated heterocycles. The molecule has 0 aromatic rings. The van der Waals surface area contributed by atoms with Crippen molar-refractivity contribution in [3.8, 4) is 6.07 Å². The molecular weight excluding hydrogens is 202 g/mol. The van der Waals surface area contributed by atoms with Crippen LogP contribution in [0.1, 0.15) is 12.8 Å². The largest absolute Gasteiger partial charge is 0.330 e. The highest BCUT2D eigenvalue weighted by atomic mass is 32.2. The van der Waals surface area contributed by atoms with E-state index in [9.17, 15) is 0 Å². The zero-order valence-electron chi connectivity index (χ0n) is 6.99. The number of hydrogen-bond acceptors (Lipinski definition) is 4. The minimum absolute atomic E-state index is 0.392. The van der Waals surface area contributed by atoms with Crippen LogP contribution in [0, 0.1) is 11.3 Å². The maximum absolute atomic E-state index is 8.94. The highest BCUT2D eigenvalue weighted by Gasteiger charge is 2.42. The Balaban J connectivity index is 2.24. The van der Waals surface area contributed by atoms with Crippen molar-refractivity contribution in [1.82, 2.24) is 4.90 Å². The van der Waals surface area contributed by atoms with Crippen molar-refractivity contribution in [2.24, 2.45) is 5.73 Å². The van der Waals surface area contributed by atoms with Crippen LogP contribution in [0.15, 0.2) is 10.6 Å². The standard InChI is InChI=1S/C8H9N3S2/c9-2-1-6-5(4-10)11-7(12)3-8(11)13-6/h8H,1-3,9H2/t8-/m1/s1. The van der Waals surface area contributed by atoms with Gasteiger partial charge in [-0.2, -0.15) is 5.26 Å². The minimum atomic E-state index is 0.392. The minimum Gasteiger partial charge on any atom is -0.330 e. The third-order valence-corrected chi connectivity index (χ3v) is 3.86. The molecule has 0 bridgehead atoms. The lowest BCUT2D eigenvalue weighted by molar-refractivity contribution is 0.438. The molecule has 0 spiro atoms. The number of hydrogen-bond donors (Lipinski definition) is 1. The van der Waals surface area contributed by atoms with Crippen LogP contribution in [0.2, 0.25) is 0 Å². The predicted molar refractivity (Wildman–Crippen MR) is 56.7 cm³/mol. The van der Waals surface area contributed by atoms with Crippen LogP contribution in [0.3, 0.4) is 0 Å². The van der Waals surface area contributed by atoms with Gasteiger partial charge in [-0.15, -0.1) is 11.8 Å². The van der Waals surface area contributed by atoms with Gasteiger partial charge in [-0.25, -0.2) is 0 Å². The summed E-state index contributed by atoms with van der Waals surface area (Å²) in [6.45, 7) is 0.598. The molecule has 2 heterocycles. The number of rotatable bonds is 2. The Hall–Kier alpha value is -0.570. The topological polar surface area (TPSA) is 53.1 Å².